The summed E-state index contributed by atoms with van der Waals surface area (Å²) in [5.74, 6) is 0.366. The van der Waals surface area contributed by atoms with E-state index in [2.05, 4.69) is 19.6 Å². The van der Waals surface area contributed by atoms with Gasteiger partial charge in [0.2, 0.25) is 0 Å². The van der Waals surface area contributed by atoms with Gasteiger partial charge in [-0.25, -0.2) is 0 Å². The van der Waals surface area contributed by atoms with Crippen LogP contribution in [0.5, 0.6) is 5.75 Å². The van der Waals surface area contributed by atoms with Gasteiger partial charge in [0.25, 0.3) is 0 Å². The smallest absolute Gasteiger partial charge is 0.458 e. The van der Waals surface area contributed by atoms with E-state index in [1.165, 1.54) is 5.57 Å². The number of phenols is 1. The molecule has 1 aliphatic heterocycles. The van der Waals surface area contributed by atoms with Crippen molar-refractivity contribution in [3.05, 3.63) is 58.2 Å². The number of rotatable bonds is 5. The third-order valence-electron chi connectivity index (χ3n) is 4.43. The lowest BCUT2D eigenvalue weighted by atomic mass is 9.78. The first-order chi connectivity index (χ1) is 11.3. The Bertz CT molecular complexity index is 665. The Balaban J connectivity index is 2.07. The number of allylic oxidation sites excluding steroid dienone is 2. The normalized spacial score (nSPS) is 18.5. The summed E-state index contributed by atoms with van der Waals surface area (Å²) in [6.07, 6.45) is 6.29. The van der Waals surface area contributed by atoms with Gasteiger partial charge in [-0.05, 0) is 74.9 Å². The molecule has 1 aromatic carbocycles. The van der Waals surface area contributed by atoms with Crippen LogP contribution in [0.1, 0.15) is 43.4 Å². The molecule has 0 fully saturated rings. The molecule has 1 atom stereocenters. The number of phenolic OH excluding ortho intramolecular Hbond substituents is 1. The predicted molar refractivity (Wildman–Crippen MR) is 101 cm³/mol. The topological polar surface area (TPSA) is 49.7 Å². The number of benzene rings is 1. The van der Waals surface area contributed by atoms with Crippen molar-refractivity contribution in [2.24, 2.45) is 0 Å². The molecule has 3 nitrogen and oxygen atoms in total. The molecule has 1 unspecified atom stereocenters. The highest BCUT2D eigenvalue weighted by Gasteiger charge is 2.26. The van der Waals surface area contributed by atoms with E-state index in [0.29, 0.717) is 12.1 Å². The second-order valence-corrected chi connectivity index (χ2v) is 6.79. The van der Waals surface area contributed by atoms with Crippen LogP contribution in [0.15, 0.2) is 41.5 Å². The summed E-state index contributed by atoms with van der Waals surface area (Å²) in [5, 5.41) is 19.6. The predicted octanol–water partition coefficient (Wildman–Crippen LogP) is 4.57. The number of aryl methyl sites for hydroxylation is 2. The number of hydrogen-bond acceptors (Lipinski definition) is 3. The molecular formula is C20H27BO3. The molecule has 0 bridgehead atoms. The zero-order chi connectivity index (χ0) is 17.9. The fraction of sp³-hybridized carbons (Fsp3) is 0.400. The quantitative estimate of drug-likeness (QED) is 0.779. The monoisotopic (exact) mass is 326 g/mol. The molecular weight excluding hydrogens is 299 g/mol. The minimum Gasteiger partial charge on any atom is -0.507 e. The van der Waals surface area contributed by atoms with E-state index in [9.17, 15) is 10.1 Å². The van der Waals surface area contributed by atoms with Crippen LogP contribution in [-0.4, -0.2) is 23.4 Å². The summed E-state index contributed by atoms with van der Waals surface area (Å²) in [5.41, 5.74) is 6.22. The molecule has 4 heteroatoms. The lowest BCUT2D eigenvalue weighted by Crippen LogP contribution is -2.31. The first kappa shape index (κ1) is 18.6. The molecule has 0 aromatic heterocycles. The summed E-state index contributed by atoms with van der Waals surface area (Å²) in [6, 6.07) is 3.98. The molecule has 0 saturated heterocycles. The molecule has 1 aliphatic rings. The van der Waals surface area contributed by atoms with E-state index in [0.717, 1.165) is 40.7 Å². The van der Waals surface area contributed by atoms with E-state index >= 15 is 0 Å². The SMILES string of the molecule is C=C(C)C1=CCB(O)OC1CC/C(C)=C/c1cc(C)c(O)c(C)c1. The first-order valence-electron chi connectivity index (χ1n) is 8.44. The van der Waals surface area contributed by atoms with Crippen molar-refractivity contribution in [2.45, 2.75) is 53.0 Å². The van der Waals surface area contributed by atoms with Gasteiger partial charge in [-0.1, -0.05) is 29.9 Å². The minimum atomic E-state index is -0.718. The van der Waals surface area contributed by atoms with Crippen LogP contribution in [-0.2, 0) is 4.65 Å². The standard InChI is InChI=1S/C20H27BO3/c1-13(2)18-8-9-21(23)24-19(18)7-6-14(3)10-17-11-15(4)20(22)16(5)12-17/h8,10-12,19,22-23H,1,6-7,9H2,2-5H3/b14-10+. The third kappa shape index (κ3) is 4.62. The molecule has 0 amide bonds. The Kier molecular flexibility index (Phi) is 6.08. The zero-order valence-electron chi connectivity index (χ0n) is 15.1. The fourth-order valence-electron chi connectivity index (χ4n) is 3.14. The first-order valence-corrected chi connectivity index (χ1v) is 8.44. The van der Waals surface area contributed by atoms with Crippen molar-refractivity contribution in [1.82, 2.24) is 0 Å². The number of hydrogen-bond donors (Lipinski definition) is 2. The van der Waals surface area contributed by atoms with Crippen LogP contribution in [0.4, 0.5) is 0 Å². The van der Waals surface area contributed by atoms with E-state index < -0.39 is 7.12 Å². The average Bonchev–Trinajstić information content (AvgIpc) is 2.50. The van der Waals surface area contributed by atoms with Crippen molar-refractivity contribution in [3.63, 3.8) is 0 Å². The zero-order valence-corrected chi connectivity index (χ0v) is 15.1. The Hall–Kier alpha value is -1.78. The van der Waals surface area contributed by atoms with E-state index in [-0.39, 0.29) is 6.10 Å². The molecule has 0 spiro atoms. The van der Waals surface area contributed by atoms with Gasteiger partial charge in [0.1, 0.15) is 5.75 Å². The highest BCUT2D eigenvalue weighted by atomic mass is 16.5. The van der Waals surface area contributed by atoms with E-state index in [1.54, 1.807) is 0 Å². The minimum absolute atomic E-state index is 0.0992. The van der Waals surface area contributed by atoms with Crippen LogP contribution in [0.25, 0.3) is 6.08 Å². The Labute approximate surface area is 145 Å². The fourth-order valence-corrected chi connectivity index (χ4v) is 3.14. The molecule has 128 valence electrons. The molecule has 2 rings (SSSR count). The highest BCUT2D eigenvalue weighted by molar-refractivity contribution is 6.43. The highest BCUT2D eigenvalue weighted by Crippen LogP contribution is 2.28. The molecule has 24 heavy (non-hydrogen) atoms. The molecule has 1 heterocycles. The summed E-state index contributed by atoms with van der Waals surface area (Å²) < 4.78 is 5.68. The van der Waals surface area contributed by atoms with E-state index in [4.69, 9.17) is 4.65 Å². The maximum Gasteiger partial charge on any atom is 0.458 e. The lowest BCUT2D eigenvalue weighted by Gasteiger charge is -2.27. The third-order valence-corrected chi connectivity index (χ3v) is 4.43. The van der Waals surface area contributed by atoms with Gasteiger partial charge in [-0.3, -0.25) is 0 Å². The molecule has 2 N–H and O–H groups in total. The summed E-state index contributed by atoms with van der Waals surface area (Å²) in [4.78, 5) is 0. The lowest BCUT2D eigenvalue weighted by molar-refractivity contribution is 0.183. The Morgan fingerprint density at radius 2 is 1.96 bits per heavy atom. The molecule has 0 saturated carbocycles. The van der Waals surface area contributed by atoms with E-state index in [1.807, 2.05) is 39.0 Å². The molecule has 0 aliphatic carbocycles. The van der Waals surface area contributed by atoms with Gasteiger partial charge in [0.05, 0.1) is 6.10 Å². The molecule has 0 radical (unpaired) electrons. The second kappa shape index (κ2) is 7.86. The van der Waals surface area contributed by atoms with Gasteiger partial charge in [0.15, 0.2) is 0 Å². The summed E-state index contributed by atoms with van der Waals surface area (Å²) in [6.45, 7) is 11.9. The Morgan fingerprint density at radius 3 is 2.54 bits per heavy atom. The van der Waals surface area contributed by atoms with Crippen molar-refractivity contribution in [2.75, 3.05) is 0 Å². The van der Waals surface area contributed by atoms with Gasteiger partial charge in [-0.2, -0.15) is 0 Å². The van der Waals surface area contributed by atoms with Gasteiger partial charge in [0, 0.05) is 6.32 Å². The van der Waals surface area contributed by atoms with Crippen LogP contribution in [0, 0.1) is 13.8 Å². The van der Waals surface area contributed by atoms with Crippen molar-refractivity contribution < 1.29 is 14.8 Å². The average molecular weight is 326 g/mol. The Morgan fingerprint density at radius 1 is 1.33 bits per heavy atom. The largest absolute Gasteiger partial charge is 0.507 e. The van der Waals surface area contributed by atoms with Gasteiger partial charge >= 0.3 is 7.12 Å². The van der Waals surface area contributed by atoms with Crippen molar-refractivity contribution in [3.8, 4) is 5.75 Å². The van der Waals surface area contributed by atoms with Crippen LogP contribution >= 0.6 is 0 Å². The van der Waals surface area contributed by atoms with Crippen LogP contribution in [0.2, 0.25) is 6.32 Å². The summed E-state index contributed by atoms with van der Waals surface area (Å²) in [7, 11) is -0.718. The second-order valence-electron chi connectivity index (χ2n) is 6.79. The van der Waals surface area contributed by atoms with Crippen LogP contribution < -0.4 is 0 Å². The molecule has 1 aromatic rings. The summed E-state index contributed by atoms with van der Waals surface area (Å²) >= 11 is 0. The van der Waals surface area contributed by atoms with Crippen molar-refractivity contribution >= 4 is 13.2 Å². The maximum absolute atomic E-state index is 9.87. The number of aromatic hydroxyl groups is 1. The van der Waals surface area contributed by atoms with Crippen LogP contribution in [0.3, 0.4) is 0 Å². The maximum atomic E-state index is 9.87. The van der Waals surface area contributed by atoms with Gasteiger partial charge in [-0.15, -0.1) is 0 Å². The van der Waals surface area contributed by atoms with Gasteiger partial charge < -0.3 is 14.8 Å². The van der Waals surface area contributed by atoms with Crippen molar-refractivity contribution in [1.29, 1.82) is 0 Å².